The molecule has 2 aromatic carbocycles. The molecule has 1 N–H and O–H groups in total. The highest BCUT2D eigenvalue weighted by atomic mass is 16.6. The van der Waals surface area contributed by atoms with Gasteiger partial charge in [0.15, 0.2) is 0 Å². The van der Waals surface area contributed by atoms with Crippen LogP contribution in [-0.2, 0) is 0 Å². The number of carbonyl (C=O) groups excluding carboxylic acids is 2. The molecule has 0 saturated heterocycles. The summed E-state index contributed by atoms with van der Waals surface area (Å²) in [5.41, 5.74) is 0.449. The first-order valence-electron chi connectivity index (χ1n) is 5.96. The van der Waals surface area contributed by atoms with Gasteiger partial charge in [-0.1, -0.05) is 24.3 Å². The molecule has 0 aliphatic rings. The van der Waals surface area contributed by atoms with Gasteiger partial charge in [0, 0.05) is 13.1 Å². The smallest absolute Gasteiger partial charge is 0.412 e. The summed E-state index contributed by atoms with van der Waals surface area (Å²) in [5.74, 6) is 0.130. The zero-order valence-electron chi connectivity index (χ0n) is 10.8. The molecule has 0 aliphatic carbocycles. The van der Waals surface area contributed by atoms with E-state index in [4.69, 9.17) is 9.47 Å². The van der Waals surface area contributed by atoms with Crippen LogP contribution in [0, 0.1) is 0 Å². The summed E-state index contributed by atoms with van der Waals surface area (Å²) in [7, 11) is 1.46. The van der Waals surface area contributed by atoms with Crippen molar-refractivity contribution in [3.05, 3.63) is 60.2 Å². The number of rotatable bonds is 3. The third-order valence-electron chi connectivity index (χ3n) is 2.44. The lowest BCUT2D eigenvalue weighted by Gasteiger charge is -2.07. The number of hydrogen-bond acceptors (Lipinski definition) is 4. The predicted molar refractivity (Wildman–Crippen MR) is 72.9 cm³/mol. The molecule has 0 bridgehead atoms. The second-order valence-electron chi connectivity index (χ2n) is 3.87. The minimum absolute atomic E-state index is 0.294. The highest BCUT2D eigenvalue weighted by Gasteiger charge is 2.09. The molecule has 20 heavy (non-hydrogen) atoms. The van der Waals surface area contributed by atoms with Gasteiger partial charge in [0.1, 0.15) is 11.5 Å². The van der Waals surface area contributed by atoms with Gasteiger partial charge in [0.05, 0.1) is 5.56 Å². The first kappa shape index (κ1) is 13.6. The molecule has 102 valence electrons. The molecule has 0 heterocycles. The monoisotopic (exact) mass is 271 g/mol. The van der Waals surface area contributed by atoms with Crippen molar-refractivity contribution in [3.8, 4) is 11.5 Å². The van der Waals surface area contributed by atoms with Gasteiger partial charge in [0.2, 0.25) is 0 Å². The number of amides is 1. The number of ether oxygens (including phenoxy) is 2. The lowest BCUT2D eigenvalue weighted by atomic mass is 10.2. The fourth-order valence-corrected chi connectivity index (χ4v) is 1.50. The summed E-state index contributed by atoms with van der Waals surface area (Å²) in [6, 6.07) is 14.9. The fraction of sp³-hybridized carbons (Fsp3) is 0.0667. The molecule has 0 aromatic heterocycles. The number of carbonyl (C=O) groups is 2. The van der Waals surface area contributed by atoms with E-state index in [1.165, 1.54) is 13.1 Å². The highest BCUT2D eigenvalue weighted by molar-refractivity contribution is 5.91. The van der Waals surface area contributed by atoms with Crippen LogP contribution >= 0.6 is 0 Å². The number of nitrogens with one attached hydrogen (secondary N) is 1. The molecular formula is C15H13NO4. The normalized spacial score (nSPS) is 9.65. The van der Waals surface area contributed by atoms with Gasteiger partial charge in [-0.25, -0.2) is 9.59 Å². The molecule has 0 atom stereocenters. The summed E-state index contributed by atoms with van der Waals surface area (Å²) in [4.78, 5) is 23.0. The Morgan fingerprint density at radius 2 is 1.55 bits per heavy atom. The quantitative estimate of drug-likeness (QED) is 0.688. The Balaban J connectivity index is 2.08. The van der Waals surface area contributed by atoms with Crippen molar-refractivity contribution in [2.24, 2.45) is 0 Å². The van der Waals surface area contributed by atoms with Gasteiger partial charge < -0.3 is 14.8 Å². The summed E-state index contributed by atoms with van der Waals surface area (Å²) in [6.07, 6.45) is -0.587. The summed E-state index contributed by atoms with van der Waals surface area (Å²) < 4.78 is 10.2. The van der Waals surface area contributed by atoms with E-state index in [2.05, 4.69) is 5.32 Å². The van der Waals surface area contributed by atoms with Gasteiger partial charge in [0.25, 0.3) is 0 Å². The third-order valence-corrected chi connectivity index (χ3v) is 2.44. The predicted octanol–water partition coefficient (Wildman–Crippen LogP) is 2.62. The molecule has 5 nitrogen and oxygen atoms in total. The second kappa shape index (κ2) is 6.38. The molecule has 5 heteroatoms. The fourth-order valence-electron chi connectivity index (χ4n) is 1.50. The summed E-state index contributed by atoms with van der Waals surface area (Å²) in [6.45, 7) is 0. The number of benzene rings is 2. The minimum Gasteiger partial charge on any atom is -0.423 e. The average Bonchev–Trinajstić information content (AvgIpc) is 2.48. The zero-order chi connectivity index (χ0) is 14.4. The van der Waals surface area contributed by atoms with Crippen molar-refractivity contribution in [1.82, 2.24) is 5.32 Å². The maximum atomic E-state index is 11.9. The van der Waals surface area contributed by atoms with Crippen LogP contribution in [0.15, 0.2) is 54.6 Å². The largest absolute Gasteiger partial charge is 0.423 e. The molecule has 0 aliphatic heterocycles. The number of esters is 1. The lowest BCUT2D eigenvalue weighted by Crippen LogP contribution is -2.22. The average molecular weight is 271 g/mol. The molecule has 2 rings (SSSR count). The van der Waals surface area contributed by atoms with Crippen molar-refractivity contribution < 1.29 is 19.1 Å². The Hall–Kier alpha value is -2.82. The van der Waals surface area contributed by atoms with Crippen LogP contribution in [0.2, 0.25) is 0 Å². The molecule has 0 unspecified atom stereocenters. The van der Waals surface area contributed by atoms with Crippen molar-refractivity contribution in [1.29, 1.82) is 0 Å². The van der Waals surface area contributed by atoms with E-state index in [1.54, 1.807) is 42.5 Å². The molecule has 1 amide bonds. The van der Waals surface area contributed by atoms with E-state index >= 15 is 0 Å². The molecule has 0 spiro atoms. The zero-order valence-corrected chi connectivity index (χ0v) is 10.8. The van der Waals surface area contributed by atoms with E-state index in [-0.39, 0.29) is 0 Å². The first-order chi connectivity index (χ1) is 9.69. The van der Waals surface area contributed by atoms with Crippen LogP contribution in [0.5, 0.6) is 11.5 Å². The van der Waals surface area contributed by atoms with Gasteiger partial charge in [-0.15, -0.1) is 0 Å². The Labute approximate surface area is 116 Å². The second-order valence-corrected chi connectivity index (χ2v) is 3.87. The standard InChI is InChI=1S/C15H13NO4/c1-16-15(18)20-13-9-5-8-12(10-13)19-14(17)11-6-3-2-4-7-11/h2-10H,1H3,(H,16,18). The van der Waals surface area contributed by atoms with Gasteiger partial charge in [-0.05, 0) is 24.3 Å². The maximum absolute atomic E-state index is 11.9. The Morgan fingerprint density at radius 1 is 0.900 bits per heavy atom. The van der Waals surface area contributed by atoms with E-state index < -0.39 is 12.1 Å². The third kappa shape index (κ3) is 3.58. The van der Waals surface area contributed by atoms with Crippen LogP contribution < -0.4 is 14.8 Å². The van der Waals surface area contributed by atoms with Crippen LogP contribution in [-0.4, -0.2) is 19.1 Å². The Morgan fingerprint density at radius 3 is 2.20 bits per heavy atom. The van der Waals surface area contributed by atoms with Crippen LogP contribution in [0.25, 0.3) is 0 Å². The number of hydrogen-bond donors (Lipinski definition) is 1. The van der Waals surface area contributed by atoms with Crippen LogP contribution in [0.3, 0.4) is 0 Å². The Kier molecular flexibility index (Phi) is 4.34. The SMILES string of the molecule is CNC(=O)Oc1cccc(OC(=O)c2ccccc2)c1. The van der Waals surface area contributed by atoms with E-state index in [0.29, 0.717) is 17.1 Å². The van der Waals surface area contributed by atoms with Crippen LogP contribution in [0.1, 0.15) is 10.4 Å². The summed E-state index contributed by atoms with van der Waals surface area (Å²) >= 11 is 0. The molecule has 2 aromatic rings. The molecular weight excluding hydrogens is 258 g/mol. The van der Waals surface area contributed by atoms with Crippen molar-refractivity contribution >= 4 is 12.1 Å². The maximum Gasteiger partial charge on any atom is 0.412 e. The van der Waals surface area contributed by atoms with E-state index in [9.17, 15) is 9.59 Å². The molecule has 0 saturated carbocycles. The minimum atomic E-state index is -0.587. The lowest BCUT2D eigenvalue weighted by molar-refractivity contribution is 0.0734. The van der Waals surface area contributed by atoms with E-state index in [1.807, 2.05) is 6.07 Å². The van der Waals surface area contributed by atoms with Gasteiger partial charge >= 0.3 is 12.1 Å². The van der Waals surface area contributed by atoms with Crippen molar-refractivity contribution in [3.63, 3.8) is 0 Å². The topological polar surface area (TPSA) is 64.6 Å². The molecule has 0 radical (unpaired) electrons. The van der Waals surface area contributed by atoms with Gasteiger partial charge in [-0.3, -0.25) is 0 Å². The van der Waals surface area contributed by atoms with E-state index in [0.717, 1.165) is 0 Å². The molecule has 0 fully saturated rings. The highest BCUT2D eigenvalue weighted by Crippen LogP contribution is 2.20. The van der Waals surface area contributed by atoms with Crippen LogP contribution in [0.4, 0.5) is 4.79 Å². The van der Waals surface area contributed by atoms with Crippen molar-refractivity contribution in [2.75, 3.05) is 7.05 Å². The van der Waals surface area contributed by atoms with Crippen molar-refractivity contribution in [2.45, 2.75) is 0 Å². The van der Waals surface area contributed by atoms with Gasteiger partial charge in [-0.2, -0.15) is 0 Å². The summed E-state index contributed by atoms with van der Waals surface area (Å²) in [5, 5.41) is 2.33. The Bertz CT molecular complexity index is 610. The first-order valence-corrected chi connectivity index (χ1v) is 5.96.